The van der Waals surface area contributed by atoms with E-state index in [1.54, 1.807) is 4.90 Å². The van der Waals surface area contributed by atoms with Gasteiger partial charge in [-0.05, 0) is 44.4 Å². The average Bonchev–Trinajstić information content (AvgIpc) is 2.71. The molecule has 1 aromatic heterocycles. The lowest BCUT2D eigenvalue weighted by molar-refractivity contribution is -0.384. The van der Waals surface area contributed by atoms with Crippen LogP contribution in [0.4, 0.5) is 17.5 Å². The number of carbonyl (C=O) groups excluding carboxylic acids is 1. The number of amides is 1. The van der Waals surface area contributed by atoms with Gasteiger partial charge < -0.3 is 26.4 Å². The van der Waals surface area contributed by atoms with Crippen LogP contribution in [0.25, 0.3) is 0 Å². The molecule has 1 aromatic rings. The third-order valence-corrected chi connectivity index (χ3v) is 5.56. The first-order chi connectivity index (χ1) is 13.9. The van der Waals surface area contributed by atoms with Crippen LogP contribution in [-0.4, -0.2) is 69.1 Å². The van der Waals surface area contributed by atoms with E-state index in [2.05, 4.69) is 20.6 Å². The van der Waals surface area contributed by atoms with Crippen molar-refractivity contribution in [1.82, 2.24) is 14.9 Å². The van der Waals surface area contributed by atoms with Crippen LogP contribution >= 0.6 is 0 Å². The number of nitrogens with two attached hydrogens (primary N) is 1. The molecule has 0 radical (unpaired) electrons. The number of nitrogens with one attached hydrogen (secondary N) is 2. The average molecular weight is 407 g/mol. The maximum atomic E-state index is 12.3. The normalized spacial score (nSPS) is 24.8. The van der Waals surface area contributed by atoms with Crippen molar-refractivity contribution in [3.63, 3.8) is 0 Å². The van der Waals surface area contributed by atoms with Crippen molar-refractivity contribution >= 4 is 23.4 Å². The maximum Gasteiger partial charge on any atom is 0.329 e. The van der Waals surface area contributed by atoms with Crippen molar-refractivity contribution in [3.8, 4) is 0 Å². The number of hydrogen-bond donors (Lipinski definition) is 4. The predicted molar refractivity (Wildman–Crippen MR) is 107 cm³/mol. The van der Waals surface area contributed by atoms with Crippen LogP contribution < -0.4 is 16.4 Å². The van der Waals surface area contributed by atoms with Crippen molar-refractivity contribution in [2.45, 2.75) is 50.7 Å². The molecule has 29 heavy (non-hydrogen) atoms. The van der Waals surface area contributed by atoms with Gasteiger partial charge in [-0.15, -0.1) is 0 Å². The molecule has 3 rings (SSSR count). The highest BCUT2D eigenvalue weighted by Gasteiger charge is 2.24. The fraction of sp³-hybridized carbons (Fsp3) is 0.722. The van der Waals surface area contributed by atoms with E-state index >= 15 is 0 Å². The third-order valence-electron chi connectivity index (χ3n) is 5.56. The molecule has 1 saturated heterocycles. The van der Waals surface area contributed by atoms with Crippen LogP contribution in [0, 0.1) is 16.0 Å². The van der Waals surface area contributed by atoms with Gasteiger partial charge in [-0.25, -0.2) is 4.98 Å². The molecule has 5 N–H and O–H groups in total. The lowest BCUT2D eigenvalue weighted by Gasteiger charge is -2.30. The van der Waals surface area contributed by atoms with Gasteiger partial charge in [0.1, 0.15) is 6.20 Å². The first-order valence-corrected chi connectivity index (χ1v) is 10.1. The molecular weight excluding hydrogens is 378 g/mol. The lowest BCUT2D eigenvalue weighted by Crippen LogP contribution is -2.44. The Labute approximate surface area is 169 Å². The highest BCUT2D eigenvalue weighted by molar-refractivity contribution is 5.80. The monoisotopic (exact) mass is 407 g/mol. The molecule has 1 atom stereocenters. The predicted octanol–water partition coefficient (Wildman–Crippen LogP) is 0.709. The molecule has 11 nitrogen and oxygen atoms in total. The number of rotatable bonds is 7. The smallest absolute Gasteiger partial charge is 0.329 e. The Morgan fingerprint density at radius 1 is 1.31 bits per heavy atom. The second kappa shape index (κ2) is 9.79. The van der Waals surface area contributed by atoms with Crippen molar-refractivity contribution < 1.29 is 14.8 Å². The summed E-state index contributed by atoms with van der Waals surface area (Å²) < 4.78 is 0. The SMILES string of the molecule is NC1CCC(CNc2nc(NCC(=O)N3CCCC(O)C3)ncc2[N+](=O)[O-])CC1. The number of carbonyl (C=O) groups is 1. The van der Waals surface area contributed by atoms with Crippen molar-refractivity contribution in [2.24, 2.45) is 11.7 Å². The molecule has 11 heteroatoms. The number of aromatic nitrogens is 2. The minimum Gasteiger partial charge on any atom is -0.391 e. The highest BCUT2D eigenvalue weighted by Crippen LogP contribution is 2.26. The number of nitro groups is 1. The Bertz CT molecular complexity index is 724. The molecule has 0 aromatic carbocycles. The molecular formula is C18H29N7O4. The summed E-state index contributed by atoms with van der Waals surface area (Å²) in [5, 5.41) is 26.9. The quantitative estimate of drug-likeness (QED) is 0.377. The lowest BCUT2D eigenvalue weighted by atomic mass is 9.86. The second-order valence-corrected chi connectivity index (χ2v) is 7.84. The van der Waals surface area contributed by atoms with E-state index in [-0.39, 0.29) is 35.9 Å². The van der Waals surface area contributed by atoms with Crippen LogP contribution in [0.15, 0.2) is 6.20 Å². The Kier molecular flexibility index (Phi) is 7.15. The number of aliphatic hydroxyl groups is 1. The van der Waals surface area contributed by atoms with E-state index in [0.717, 1.165) is 38.3 Å². The van der Waals surface area contributed by atoms with Crippen molar-refractivity contribution in [3.05, 3.63) is 16.3 Å². The second-order valence-electron chi connectivity index (χ2n) is 7.84. The van der Waals surface area contributed by atoms with Gasteiger partial charge in [0.25, 0.3) is 0 Å². The van der Waals surface area contributed by atoms with E-state index in [1.165, 1.54) is 0 Å². The number of nitrogens with zero attached hydrogens (tertiary/aromatic N) is 4. The van der Waals surface area contributed by atoms with E-state index in [1.807, 2.05) is 0 Å². The van der Waals surface area contributed by atoms with Gasteiger partial charge >= 0.3 is 5.69 Å². The Balaban J connectivity index is 1.58. The standard InChI is InChI=1S/C18H29N7O4/c19-13-5-3-12(4-6-13)8-20-17-15(25(28)29)9-21-18(23-17)22-10-16(27)24-7-1-2-14(26)11-24/h9,12-14,26H,1-8,10-11,19H2,(H2,20,21,22,23). The van der Waals surface area contributed by atoms with Gasteiger partial charge in [0.2, 0.25) is 17.7 Å². The van der Waals surface area contributed by atoms with E-state index in [9.17, 15) is 20.0 Å². The fourth-order valence-electron chi connectivity index (χ4n) is 3.81. The Morgan fingerprint density at radius 3 is 2.76 bits per heavy atom. The minimum absolute atomic E-state index is 0.0372. The van der Waals surface area contributed by atoms with Gasteiger partial charge in [0, 0.05) is 25.7 Å². The third kappa shape index (κ3) is 5.97. The summed E-state index contributed by atoms with van der Waals surface area (Å²) in [4.78, 5) is 32.8. The zero-order chi connectivity index (χ0) is 20.8. The van der Waals surface area contributed by atoms with E-state index < -0.39 is 11.0 Å². The topological polar surface area (TPSA) is 160 Å². The minimum atomic E-state index is -0.525. The summed E-state index contributed by atoms with van der Waals surface area (Å²) in [6.45, 7) is 1.47. The summed E-state index contributed by atoms with van der Waals surface area (Å²) in [5.41, 5.74) is 5.72. The summed E-state index contributed by atoms with van der Waals surface area (Å²) >= 11 is 0. The Hall–Kier alpha value is -2.53. The van der Waals surface area contributed by atoms with Gasteiger partial charge in [-0.3, -0.25) is 14.9 Å². The largest absolute Gasteiger partial charge is 0.391 e. The summed E-state index contributed by atoms with van der Waals surface area (Å²) in [6.07, 6.45) is 5.99. The first-order valence-electron chi connectivity index (χ1n) is 10.1. The molecule has 1 aliphatic carbocycles. The molecule has 1 saturated carbocycles. The molecule has 2 fully saturated rings. The number of β-amino-alcohol motifs (C(OH)–C–C–N with tert-alkyl or cyclic N) is 1. The maximum absolute atomic E-state index is 12.3. The van der Waals surface area contributed by atoms with Crippen molar-refractivity contribution in [2.75, 3.05) is 36.8 Å². The van der Waals surface area contributed by atoms with Crippen molar-refractivity contribution in [1.29, 1.82) is 0 Å². The number of anilines is 2. The number of piperidine rings is 1. The van der Waals surface area contributed by atoms with Crippen LogP contribution in [0.1, 0.15) is 38.5 Å². The van der Waals surface area contributed by atoms with Crippen LogP contribution in [0.3, 0.4) is 0 Å². The van der Waals surface area contributed by atoms with Crippen LogP contribution in [0.2, 0.25) is 0 Å². The van der Waals surface area contributed by atoms with Gasteiger partial charge in [-0.1, -0.05) is 0 Å². The van der Waals surface area contributed by atoms with Gasteiger partial charge in [0.05, 0.1) is 17.6 Å². The zero-order valence-corrected chi connectivity index (χ0v) is 16.4. The molecule has 2 aliphatic rings. The van der Waals surface area contributed by atoms with E-state index in [0.29, 0.717) is 32.0 Å². The molecule has 1 unspecified atom stereocenters. The van der Waals surface area contributed by atoms with Crippen LogP contribution in [0.5, 0.6) is 0 Å². The summed E-state index contributed by atoms with van der Waals surface area (Å²) in [5.74, 6) is 0.518. The summed E-state index contributed by atoms with van der Waals surface area (Å²) in [6, 6.07) is 0.244. The van der Waals surface area contributed by atoms with Gasteiger partial charge in [-0.2, -0.15) is 4.98 Å². The summed E-state index contributed by atoms with van der Waals surface area (Å²) in [7, 11) is 0. The Morgan fingerprint density at radius 2 is 2.07 bits per heavy atom. The van der Waals surface area contributed by atoms with E-state index in [4.69, 9.17) is 5.73 Å². The molecule has 1 amide bonds. The number of hydrogen-bond acceptors (Lipinski definition) is 9. The van der Waals surface area contributed by atoms with Gasteiger partial charge in [0.15, 0.2) is 0 Å². The zero-order valence-electron chi connectivity index (χ0n) is 16.4. The highest BCUT2D eigenvalue weighted by atomic mass is 16.6. The van der Waals surface area contributed by atoms with Crippen LogP contribution in [-0.2, 0) is 4.79 Å². The molecule has 160 valence electrons. The number of likely N-dealkylation sites (tertiary alicyclic amines) is 1. The molecule has 1 aliphatic heterocycles. The molecule has 0 bridgehead atoms. The number of aliphatic hydroxyl groups excluding tert-OH is 1. The fourth-order valence-corrected chi connectivity index (χ4v) is 3.81. The first kappa shape index (κ1) is 21.2. The molecule has 2 heterocycles. The molecule has 0 spiro atoms.